The van der Waals surface area contributed by atoms with Crippen LogP contribution in [0.1, 0.15) is 251 Å². The van der Waals surface area contributed by atoms with Gasteiger partial charge in [-0.3, -0.25) is 9.36 Å². The number of nitrogens with zero attached hydrogens (tertiary/aromatic N) is 1. The van der Waals surface area contributed by atoms with Gasteiger partial charge in [0.1, 0.15) is 19.3 Å². The number of ether oxygens (including phenoxy) is 2. The maximum absolute atomic E-state index is 12.7. The summed E-state index contributed by atoms with van der Waals surface area (Å²) in [4.78, 5) is 25.1. The van der Waals surface area contributed by atoms with Crippen LogP contribution in [0.3, 0.4) is 0 Å². The van der Waals surface area contributed by atoms with Crippen molar-refractivity contribution in [2.24, 2.45) is 0 Å². The maximum atomic E-state index is 12.7. The lowest BCUT2D eigenvalue weighted by Gasteiger charge is -2.28. The van der Waals surface area contributed by atoms with Crippen LogP contribution in [-0.2, 0) is 27.9 Å². The Hall–Kier alpha value is -0.500. The predicted octanol–water partition coefficient (Wildman–Crippen LogP) is 14.6. The lowest BCUT2D eigenvalue weighted by molar-refractivity contribution is -0.870. The van der Waals surface area contributed by atoms with Gasteiger partial charge < -0.3 is 27.9 Å². The SMILES string of the molecule is CCCCCCCCCCCCCCCCCCCCCCCCCOCC(COP(=O)([O-])OCC[N+](C)(C)C)OC(=O)CCCCCCCCCCCCCCC. The molecule has 58 heavy (non-hydrogen) atoms. The van der Waals surface area contributed by atoms with Crippen LogP contribution in [0.25, 0.3) is 0 Å². The molecular weight excluding hydrogens is 746 g/mol. The first-order valence-corrected chi connectivity index (χ1v) is 26.7. The number of rotatable bonds is 48. The molecule has 0 bridgehead atoms. The lowest BCUT2D eigenvalue weighted by atomic mass is 10.0. The highest BCUT2D eigenvalue weighted by Crippen LogP contribution is 2.38. The van der Waals surface area contributed by atoms with Gasteiger partial charge in [-0.2, -0.15) is 0 Å². The molecule has 348 valence electrons. The molecule has 0 saturated heterocycles. The first kappa shape index (κ1) is 57.5. The zero-order chi connectivity index (χ0) is 42.7. The van der Waals surface area contributed by atoms with Crippen molar-refractivity contribution in [3.63, 3.8) is 0 Å². The average molecular weight is 846 g/mol. The summed E-state index contributed by atoms with van der Waals surface area (Å²) in [5, 5.41) is 0. The molecule has 0 aliphatic carbocycles. The van der Waals surface area contributed by atoms with Crippen molar-refractivity contribution in [3.8, 4) is 0 Å². The lowest BCUT2D eigenvalue weighted by Crippen LogP contribution is -2.37. The van der Waals surface area contributed by atoms with Crippen molar-refractivity contribution in [1.29, 1.82) is 0 Å². The standard InChI is InChI=1S/C49H100NO7P/c1-6-8-10-12-14-16-18-20-21-22-23-24-25-26-27-28-29-31-33-35-37-39-41-44-54-46-48(47-56-58(52,53)55-45-43-50(3,4)5)57-49(51)42-40-38-36-34-32-30-19-17-15-13-11-9-7-2/h48H,6-47H2,1-5H3. The molecule has 0 aliphatic rings. The second-order valence-electron chi connectivity index (χ2n) is 18.5. The number of carbonyl (C=O) groups excluding carboxylic acids is 1. The van der Waals surface area contributed by atoms with E-state index in [9.17, 15) is 14.3 Å². The van der Waals surface area contributed by atoms with Crippen molar-refractivity contribution >= 4 is 13.8 Å². The number of carbonyl (C=O) groups is 1. The van der Waals surface area contributed by atoms with Crippen molar-refractivity contribution in [1.82, 2.24) is 0 Å². The molecule has 0 radical (unpaired) electrons. The van der Waals surface area contributed by atoms with Gasteiger partial charge in [-0.1, -0.05) is 232 Å². The zero-order valence-electron chi connectivity index (χ0n) is 39.5. The van der Waals surface area contributed by atoms with Gasteiger partial charge >= 0.3 is 5.97 Å². The second-order valence-corrected chi connectivity index (χ2v) is 20.0. The maximum Gasteiger partial charge on any atom is 0.306 e. The summed E-state index contributed by atoms with van der Waals surface area (Å²) in [6, 6.07) is 0. The van der Waals surface area contributed by atoms with Crippen LogP contribution in [0.5, 0.6) is 0 Å². The normalized spacial score (nSPS) is 13.6. The van der Waals surface area contributed by atoms with E-state index in [1.165, 1.54) is 199 Å². The molecule has 8 nitrogen and oxygen atoms in total. The van der Waals surface area contributed by atoms with Gasteiger partial charge in [-0.25, -0.2) is 0 Å². The number of quaternary nitrogens is 1. The molecule has 9 heteroatoms. The third-order valence-corrected chi connectivity index (χ3v) is 12.4. The third-order valence-electron chi connectivity index (χ3n) is 11.4. The van der Waals surface area contributed by atoms with Crippen LogP contribution in [-0.4, -0.2) is 70.7 Å². The van der Waals surface area contributed by atoms with Gasteiger partial charge in [0.2, 0.25) is 0 Å². The number of hydrogen-bond acceptors (Lipinski definition) is 7. The van der Waals surface area contributed by atoms with Crippen LogP contribution in [0.2, 0.25) is 0 Å². The highest BCUT2D eigenvalue weighted by molar-refractivity contribution is 7.45. The van der Waals surface area contributed by atoms with Crippen LogP contribution in [0.15, 0.2) is 0 Å². The van der Waals surface area contributed by atoms with Gasteiger partial charge in [0.15, 0.2) is 0 Å². The monoisotopic (exact) mass is 846 g/mol. The van der Waals surface area contributed by atoms with Gasteiger partial charge in [0.25, 0.3) is 7.82 Å². The highest BCUT2D eigenvalue weighted by Gasteiger charge is 2.20. The minimum Gasteiger partial charge on any atom is -0.756 e. The quantitative estimate of drug-likeness (QED) is 0.0260. The Balaban J connectivity index is 4.03. The number of unbranched alkanes of at least 4 members (excludes halogenated alkanes) is 34. The van der Waals surface area contributed by atoms with Crippen LogP contribution >= 0.6 is 7.82 Å². The fourth-order valence-electron chi connectivity index (χ4n) is 7.49. The predicted molar refractivity (Wildman–Crippen MR) is 245 cm³/mol. The molecule has 0 aliphatic heterocycles. The van der Waals surface area contributed by atoms with E-state index in [0.717, 1.165) is 32.1 Å². The van der Waals surface area contributed by atoms with E-state index in [4.69, 9.17) is 18.5 Å². The third kappa shape index (κ3) is 46.6. The molecule has 0 aromatic heterocycles. The summed E-state index contributed by atoms with van der Waals surface area (Å²) < 4.78 is 34.7. The van der Waals surface area contributed by atoms with E-state index in [-0.39, 0.29) is 25.8 Å². The van der Waals surface area contributed by atoms with Crippen molar-refractivity contribution < 1.29 is 37.3 Å². The summed E-state index contributed by atoms with van der Waals surface area (Å²) in [5.41, 5.74) is 0. The Morgan fingerprint density at radius 1 is 0.466 bits per heavy atom. The largest absolute Gasteiger partial charge is 0.756 e. The molecule has 0 rings (SSSR count). The highest BCUT2D eigenvalue weighted by atomic mass is 31.2. The number of esters is 1. The van der Waals surface area contributed by atoms with Gasteiger partial charge in [0, 0.05) is 13.0 Å². The molecule has 0 heterocycles. The van der Waals surface area contributed by atoms with Gasteiger partial charge in [0.05, 0.1) is 34.4 Å². The van der Waals surface area contributed by atoms with Crippen LogP contribution in [0, 0.1) is 0 Å². The number of phosphoric acid groups is 1. The average Bonchev–Trinajstić information content (AvgIpc) is 3.18. The summed E-state index contributed by atoms with van der Waals surface area (Å²) in [7, 11) is 1.38. The molecule has 0 aromatic carbocycles. The Kier molecular flexibility index (Phi) is 42.8. The van der Waals surface area contributed by atoms with E-state index in [2.05, 4.69) is 13.8 Å². The Morgan fingerprint density at radius 3 is 1.14 bits per heavy atom. The first-order chi connectivity index (χ1) is 28.1. The summed E-state index contributed by atoms with van der Waals surface area (Å²) in [6.07, 6.45) is 47.0. The molecule has 2 unspecified atom stereocenters. The molecule has 0 aromatic rings. The summed E-state index contributed by atoms with van der Waals surface area (Å²) in [6.45, 7) is 5.48. The van der Waals surface area contributed by atoms with E-state index in [1.807, 2.05) is 21.1 Å². The van der Waals surface area contributed by atoms with Crippen molar-refractivity contribution in [3.05, 3.63) is 0 Å². The fraction of sp³-hybridized carbons (Fsp3) is 0.980. The van der Waals surface area contributed by atoms with Crippen molar-refractivity contribution in [2.45, 2.75) is 258 Å². The molecule has 0 spiro atoms. The summed E-state index contributed by atoms with van der Waals surface area (Å²) in [5.74, 6) is -0.327. The van der Waals surface area contributed by atoms with E-state index in [0.29, 0.717) is 24.1 Å². The minimum absolute atomic E-state index is 0.0316. The first-order valence-electron chi connectivity index (χ1n) is 25.3. The van der Waals surface area contributed by atoms with E-state index >= 15 is 0 Å². The number of phosphoric ester groups is 1. The van der Waals surface area contributed by atoms with Gasteiger partial charge in [-0.05, 0) is 12.8 Å². The molecule has 0 N–H and O–H groups in total. The van der Waals surface area contributed by atoms with Crippen LogP contribution < -0.4 is 4.89 Å². The summed E-state index contributed by atoms with van der Waals surface area (Å²) >= 11 is 0. The Morgan fingerprint density at radius 2 is 0.793 bits per heavy atom. The van der Waals surface area contributed by atoms with E-state index in [1.54, 1.807) is 0 Å². The Labute approximate surface area is 361 Å². The molecule has 0 fully saturated rings. The minimum atomic E-state index is -4.52. The van der Waals surface area contributed by atoms with E-state index < -0.39 is 13.9 Å². The zero-order valence-corrected chi connectivity index (χ0v) is 40.4. The molecule has 0 amide bonds. The number of hydrogen-bond donors (Lipinski definition) is 0. The molecular formula is C49H100NO7P. The Bertz CT molecular complexity index is 899. The molecule has 0 saturated carbocycles. The second kappa shape index (κ2) is 43.2. The van der Waals surface area contributed by atoms with Crippen LogP contribution in [0.4, 0.5) is 0 Å². The number of likely N-dealkylation sites (N-methyl/N-ethyl adjacent to an activating group) is 1. The topological polar surface area (TPSA) is 94.1 Å². The molecule has 2 atom stereocenters. The smallest absolute Gasteiger partial charge is 0.306 e. The van der Waals surface area contributed by atoms with Gasteiger partial charge in [-0.15, -0.1) is 0 Å². The van der Waals surface area contributed by atoms with Crippen molar-refractivity contribution in [2.75, 3.05) is 54.1 Å². The fourth-order valence-corrected chi connectivity index (χ4v) is 8.22.